The van der Waals surface area contributed by atoms with Gasteiger partial charge in [0.1, 0.15) is 17.0 Å². The van der Waals surface area contributed by atoms with Gasteiger partial charge in [-0.25, -0.2) is 9.97 Å². The summed E-state index contributed by atoms with van der Waals surface area (Å²) in [6.07, 6.45) is -0.857. The van der Waals surface area contributed by atoms with E-state index in [1.807, 2.05) is 13.8 Å². The van der Waals surface area contributed by atoms with Crippen LogP contribution in [-0.2, 0) is 20.5 Å². The predicted octanol–water partition coefficient (Wildman–Crippen LogP) is 4.42. The summed E-state index contributed by atoms with van der Waals surface area (Å²) >= 11 is 0. The number of rotatable bonds is 6. The zero-order valence-electron chi connectivity index (χ0n) is 17.5. The summed E-state index contributed by atoms with van der Waals surface area (Å²) in [5, 5.41) is 2.61. The molecule has 1 aliphatic heterocycles. The molecule has 4 rings (SSSR count). The fourth-order valence-corrected chi connectivity index (χ4v) is 4.11. The van der Waals surface area contributed by atoms with Gasteiger partial charge in [-0.1, -0.05) is 0 Å². The number of carbonyl (C=O) groups excluding carboxylic acids is 2. The number of aromatic nitrogens is 3. The van der Waals surface area contributed by atoms with E-state index in [-0.39, 0.29) is 53.5 Å². The number of ketones is 1. The number of nitrogens with zero attached hydrogens (tertiary/aromatic N) is 3. The van der Waals surface area contributed by atoms with E-state index in [2.05, 4.69) is 15.3 Å². The second-order valence-electron chi connectivity index (χ2n) is 8.93. The first-order chi connectivity index (χ1) is 14.5. The number of anilines is 1. The normalized spacial score (nSPS) is 21.3. The van der Waals surface area contributed by atoms with Crippen molar-refractivity contribution < 1.29 is 27.5 Å². The summed E-state index contributed by atoms with van der Waals surface area (Å²) in [4.78, 5) is 32.8. The van der Waals surface area contributed by atoms with Gasteiger partial charge in [0.25, 0.3) is 0 Å². The lowest BCUT2D eigenvalue weighted by Crippen LogP contribution is -2.25. The molecule has 7 nitrogen and oxygen atoms in total. The lowest BCUT2D eigenvalue weighted by molar-refractivity contribution is -0.141. The van der Waals surface area contributed by atoms with Gasteiger partial charge < -0.3 is 4.74 Å². The van der Waals surface area contributed by atoms with Crippen molar-refractivity contribution in [2.45, 2.75) is 82.7 Å². The molecule has 1 amide bonds. The smallest absolute Gasteiger partial charge is 0.372 e. The Kier molecular flexibility index (Phi) is 5.53. The standard InChI is InChI=1S/C21H25F3N4O3/c1-20(2)9-8-14(31-20)10-13(29)11-17(30)27-19-25-15-6-7-16(21(22,23)24)26-18(15)28(19)12-4-3-5-12/h6-7,12,14H,3-5,8-11H2,1-2H3,(H,25,27,30)/t14-/m0/s1. The monoisotopic (exact) mass is 438 g/mol. The largest absolute Gasteiger partial charge is 0.433 e. The van der Waals surface area contributed by atoms with Crippen LogP contribution >= 0.6 is 0 Å². The summed E-state index contributed by atoms with van der Waals surface area (Å²) in [5.41, 5.74) is -0.915. The van der Waals surface area contributed by atoms with E-state index in [1.165, 1.54) is 6.07 Å². The van der Waals surface area contributed by atoms with Crippen molar-refractivity contribution in [3.63, 3.8) is 0 Å². The molecule has 1 saturated heterocycles. The Bertz CT molecular complexity index is 1010. The Labute approximate surface area is 177 Å². The Morgan fingerprint density at radius 3 is 2.55 bits per heavy atom. The van der Waals surface area contributed by atoms with Crippen LogP contribution in [0, 0.1) is 0 Å². The number of fused-ring (bicyclic) bond motifs is 1. The molecule has 168 valence electrons. The Balaban J connectivity index is 1.49. The molecule has 1 aliphatic carbocycles. The van der Waals surface area contributed by atoms with Crippen LogP contribution in [0.3, 0.4) is 0 Å². The minimum atomic E-state index is -4.57. The average molecular weight is 438 g/mol. The molecule has 0 spiro atoms. The van der Waals surface area contributed by atoms with Crippen molar-refractivity contribution in [1.29, 1.82) is 0 Å². The average Bonchev–Trinajstić information content (AvgIpc) is 3.11. The van der Waals surface area contributed by atoms with Crippen LogP contribution in [0.4, 0.5) is 19.1 Å². The molecule has 1 saturated carbocycles. The molecule has 0 radical (unpaired) electrons. The van der Waals surface area contributed by atoms with E-state index in [9.17, 15) is 22.8 Å². The van der Waals surface area contributed by atoms with Gasteiger partial charge >= 0.3 is 6.18 Å². The van der Waals surface area contributed by atoms with Crippen LogP contribution in [0.15, 0.2) is 12.1 Å². The first-order valence-electron chi connectivity index (χ1n) is 10.5. The number of halogens is 3. The van der Waals surface area contributed by atoms with Gasteiger partial charge in [0.15, 0.2) is 5.65 Å². The third kappa shape index (κ3) is 4.73. The maximum absolute atomic E-state index is 13.1. The number of pyridine rings is 1. The highest BCUT2D eigenvalue weighted by atomic mass is 19.4. The molecule has 31 heavy (non-hydrogen) atoms. The van der Waals surface area contributed by atoms with E-state index < -0.39 is 17.8 Å². The topological polar surface area (TPSA) is 86.1 Å². The quantitative estimate of drug-likeness (QED) is 0.675. The molecule has 3 heterocycles. The van der Waals surface area contributed by atoms with Crippen LogP contribution < -0.4 is 5.32 Å². The van der Waals surface area contributed by atoms with Crippen molar-refractivity contribution in [3.05, 3.63) is 17.8 Å². The van der Waals surface area contributed by atoms with E-state index >= 15 is 0 Å². The second-order valence-corrected chi connectivity index (χ2v) is 8.93. The number of alkyl halides is 3. The molecular weight excluding hydrogens is 413 g/mol. The van der Waals surface area contributed by atoms with Gasteiger partial charge in [-0.2, -0.15) is 13.2 Å². The van der Waals surface area contributed by atoms with Crippen LogP contribution in [0.25, 0.3) is 11.2 Å². The number of ether oxygens (including phenoxy) is 1. The van der Waals surface area contributed by atoms with Crippen LogP contribution in [0.5, 0.6) is 0 Å². The van der Waals surface area contributed by atoms with Crippen molar-refractivity contribution in [3.8, 4) is 0 Å². The van der Waals surface area contributed by atoms with E-state index in [0.29, 0.717) is 0 Å². The van der Waals surface area contributed by atoms with Crippen LogP contribution in [-0.4, -0.2) is 37.9 Å². The molecule has 0 aromatic carbocycles. The fourth-order valence-electron chi connectivity index (χ4n) is 4.11. The predicted molar refractivity (Wildman–Crippen MR) is 106 cm³/mol. The maximum atomic E-state index is 13.1. The van der Waals surface area contributed by atoms with Crippen molar-refractivity contribution in [1.82, 2.24) is 14.5 Å². The molecule has 2 fully saturated rings. The Hall–Kier alpha value is -2.49. The summed E-state index contributed by atoms with van der Waals surface area (Å²) < 4.78 is 46.7. The number of carbonyl (C=O) groups is 2. The lowest BCUT2D eigenvalue weighted by Gasteiger charge is -2.28. The highest BCUT2D eigenvalue weighted by Gasteiger charge is 2.35. The highest BCUT2D eigenvalue weighted by molar-refractivity contribution is 6.04. The highest BCUT2D eigenvalue weighted by Crippen LogP contribution is 2.38. The molecule has 1 atom stereocenters. The lowest BCUT2D eigenvalue weighted by atomic mass is 9.93. The Morgan fingerprint density at radius 2 is 1.97 bits per heavy atom. The first-order valence-corrected chi connectivity index (χ1v) is 10.5. The SMILES string of the molecule is CC1(C)CC[C@@H](CC(=O)CC(=O)Nc2nc3ccc(C(F)(F)F)nc3n2C2CCC2)O1. The molecule has 10 heteroatoms. The minimum Gasteiger partial charge on any atom is -0.372 e. The third-order valence-corrected chi connectivity index (χ3v) is 5.89. The van der Waals surface area contributed by atoms with Crippen molar-refractivity contribution in [2.24, 2.45) is 0 Å². The van der Waals surface area contributed by atoms with Gasteiger partial charge in [0.2, 0.25) is 11.9 Å². The maximum Gasteiger partial charge on any atom is 0.433 e. The zero-order valence-corrected chi connectivity index (χ0v) is 17.5. The number of amides is 1. The van der Waals surface area contributed by atoms with Gasteiger partial charge in [-0.15, -0.1) is 0 Å². The molecular formula is C21H25F3N4O3. The molecule has 2 aliphatic rings. The summed E-state index contributed by atoms with van der Waals surface area (Å²) in [7, 11) is 0. The Morgan fingerprint density at radius 1 is 1.23 bits per heavy atom. The number of nitrogens with one attached hydrogen (secondary N) is 1. The molecule has 2 aromatic heterocycles. The summed E-state index contributed by atoms with van der Waals surface area (Å²) in [6, 6.07) is 2.04. The van der Waals surface area contributed by atoms with Crippen LogP contribution in [0.2, 0.25) is 0 Å². The fraction of sp³-hybridized carbons (Fsp3) is 0.619. The number of Topliss-reactive ketones (excluding diaryl/α,β-unsaturated/α-hetero) is 1. The van der Waals surface area contributed by atoms with Gasteiger partial charge in [0.05, 0.1) is 18.1 Å². The molecule has 1 N–H and O–H groups in total. The van der Waals surface area contributed by atoms with Gasteiger partial charge in [-0.05, 0) is 58.1 Å². The summed E-state index contributed by atoms with van der Waals surface area (Å²) in [5.74, 6) is -0.666. The van der Waals surface area contributed by atoms with E-state index in [0.717, 1.165) is 38.2 Å². The number of imidazole rings is 1. The second kappa shape index (κ2) is 7.89. The minimum absolute atomic E-state index is 0.0823. The number of hydrogen-bond acceptors (Lipinski definition) is 5. The van der Waals surface area contributed by atoms with E-state index in [4.69, 9.17) is 4.74 Å². The van der Waals surface area contributed by atoms with Gasteiger partial charge in [-0.3, -0.25) is 19.5 Å². The van der Waals surface area contributed by atoms with Gasteiger partial charge in [0, 0.05) is 12.5 Å². The van der Waals surface area contributed by atoms with Crippen LogP contribution in [0.1, 0.15) is 70.5 Å². The van der Waals surface area contributed by atoms with Crippen molar-refractivity contribution >= 4 is 28.8 Å². The zero-order chi connectivity index (χ0) is 22.4. The number of hydrogen-bond donors (Lipinski definition) is 1. The molecule has 0 bridgehead atoms. The molecule has 0 unspecified atom stereocenters. The van der Waals surface area contributed by atoms with Crippen molar-refractivity contribution in [2.75, 3.05) is 5.32 Å². The summed E-state index contributed by atoms with van der Waals surface area (Å²) in [6.45, 7) is 3.93. The van der Waals surface area contributed by atoms with E-state index in [1.54, 1.807) is 4.57 Å². The molecule has 2 aromatic rings. The third-order valence-electron chi connectivity index (χ3n) is 5.89. The first kappa shape index (κ1) is 21.7.